The van der Waals surface area contributed by atoms with E-state index in [1.54, 1.807) is 24.0 Å². The van der Waals surface area contributed by atoms with E-state index in [4.69, 9.17) is 5.11 Å². The Labute approximate surface area is 108 Å². The number of carboxylic acids is 1. The maximum absolute atomic E-state index is 11.8. The fraction of sp³-hybridized carbons (Fsp3) is 0.167. The van der Waals surface area contributed by atoms with Crippen molar-refractivity contribution in [2.45, 2.75) is 6.54 Å². The van der Waals surface area contributed by atoms with Crippen molar-refractivity contribution in [1.29, 1.82) is 0 Å². The molecular formula is C12H12N4O3. The van der Waals surface area contributed by atoms with Crippen molar-refractivity contribution in [2.75, 3.05) is 0 Å². The Morgan fingerprint density at radius 1 is 1.37 bits per heavy atom. The van der Waals surface area contributed by atoms with Gasteiger partial charge in [-0.25, -0.2) is 9.78 Å². The quantitative estimate of drug-likeness (QED) is 0.831. The van der Waals surface area contributed by atoms with Crippen molar-refractivity contribution in [1.82, 2.24) is 20.1 Å². The second-order valence-corrected chi connectivity index (χ2v) is 3.90. The Bertz CT molecular complexity index is 604. The van der Waals surface area contributed by atoms with Crippen LogP contribution in [0.5, 0.6) is 0 Å². The lowest BCUT2D eigenvalue weighted by molar-refractivity contribution is 0.0689. The van der Waals surface area contributed by atoms with Gasteiger partial charge in [0.25, 0.3) is 5.91 Å². The molecular weight excluding hydrogens is 248 g/mol. The third-order valence-electron chi connectivity index (χ3n) is 2.44. The van der Waals surface area contributed by atoms with Crippen molar-refractivity contribution < 1.29 is 14.7 Å². The first kappa shape index (κ1) is 12.7. The summed E-state index contributed by atoms with van der Waals surface area (Å²) in [4.78, 5) is 26.1. The molecule has 1 amide bonds. The number of nitrogens with zero attached hydrogens (tertiary/aromatic N) is 3. The van der Waals surface area contributed by atoms with Crippen LogP contribution in [0.1, 0.15) is 26.5 Å². The third-order valence-corrected chi connectivity index (χ3v) is 2.44. The van der Waals surface area contributed by atoms with E-state index in [0.29, 0.717) is 12.1 Å². The molecule has 0 saturated carbocycles. The number of aromatic nitrogens is 3. The third kappa shape index (κ3) is 3.15. The summed E-state index contributed by atoms with van der Waals surface area (Å²) >= 11 is 0. The number of hydrogen-bond acceptors (Lipinski definition) is 4. The maximum Gasteiger partial charge on any atom is 0.354 e. The Morgan fingerprint density at radius 3 is 2.68 bits per heavy atom. The van der Waals surface area contributed by atoms with Crippen LogP contribution in [0.2, 0.25) is 0 Å². The summed E-state index contributed by atoms with van der Waals surface area (Å²) in [7, 11) is 1.79. The Morgan fingerprint density at radius 2 is 2.16 bits per heavy atom. The molecule has 19 heavy (non-hydrogen) atoms. The van der Waals surface area contributed by atoms with Gasteiger partial charge in [-0.2, -0.15) is 5.10 Å². The van der Waals surface area contributed by atoms with E-state index in [2.05, 4.69) is 15.4 Å². The molecule has 0 spiro atoms. The maximum atomic E-state index is 11.8. The van der Waals surface area contributed by atoms with Gasteiger partial charge in [-0.3, -0.25) is 9.48 Å². The number of aromatic carboxylic acids is 1. The van der Waals surface area contributed by atoms with Gasteiger partial charge in [0.15, 0.2) is 0 Å². The summed E-state index contributed by atoms with van der Waals surface area (Å²) in [6.07, 6.45) is 3.02. The van der Waals surface area contributed by atoms with E-state index < -0.39 is 5.97 Å². The second-order valence-electron chi connectivity index (χ2n) is 3.90. The lowest BCUT2D eigenvalue weighted by Gasteiger charge is -2.03. The average Bonchev–Trinajstić information content (AvgIpc) is 2.82. The number of aryl methyl sites for hydroxylation is 1. The van der Waals surface area contributed by atoms with Crippen LogP contribution in [0.3, 0.4) is 0 Å². The second kappa shape index (κ2) is 5.30. The predicted molar refractivity (Wildman–Crippen MR) is 65.6 cm³/mol. The number of pyridine rings is 1. The van der Waals surface area contributed by atoms with Crippen LogP contribution in [0, 0.1) is 0 Å². The van der Waals surface area contributed by atoms with Gasteiger partial charge in [-0.05, 0) is 18.2 Å². The van der Waals surface area contributed by atoms with E-state index in [1.165, 1.54) is 18.3 Å². The lowest BCUT2D eigenvalue weighted by Crippen LogP contribution is -2.23. The normalized spacial score (nSPS) is 10.2. The molecule has 0 bridgehead atoms. The molecule has 2 aromatic rings. The van der Waals surface area contributed by atoms with Crippen LogP contribution in [-0.4, -0.2) is 31.7 Å². The van der Waals surface area contributed by atoms with Crippen LogP contribution in [0.15, 0.2) is 30.6 Å². The number of nitrogens with one attached hydrogen (secondary N) is 1. The number of carbonyl (C=O) groups is 2. The van der Waals surface area contributed by atoms with Gasteiger partial charge in [0, 0.05) is 19.4 Å². The molecule has 0 radical (unpaired) electrons. The zero-order valence-electron chi connectivity index (χ0n) is 10.2. The van der Waals surface area contributed by atoms with Crippen LogP contribution < -0.4 is 5.32 Å². The highest BCUT2D eigenvalue weighted by Gasteiger charge is 2.09. The lowest BCUT2D eigenvalue weighted by atomic mass is 10.2. The fourth-order valence-corrected chi connectivity index (χ4v) is 1.49. The van der Waals surface area contributed by atoms with E-state index in [-0.39, 0.29) is 11.6 Å². The van der Waals surface area contributed by atoms with Crippen LogP contribution in [0.4, 0.5) is 0 Å². The van der Waals surface area contributed by atoms with Crippen LogP contribution in [0.25, 0.3) is 0 Å². The fourth-order valence-electron chi connectivity index (χ4n) is 1.49. The van der Waals surface area contributed by atoms with E-state index in [9.17, 15) is 9.59 Å². The summed E-state index contributed by atoms with van der Waals surface area (Å²) in [5, 5.41) is 15.5. The molecule has 0 fully saturated rings. The first-order chi connectivity index (χ1) is 9.06. The Kier molecular flexibility index (Phi) is 3.56. The molecule has 2 aromatic heterocycles. The number of hydrogen-bond donors (Lipinski definition) is 2. The van der Waals surface area contributed by atoms with Gasteiger partial charge >= 0.3 is 5.97 Å². The summed E-state index contributed by atoms with van der Waals surface area (Å²) in [5.41, 5.74) is 0.952. The van der Waals surface area contributed by atoms with E-state index in [0.717, 1.165) is 5.69 Å². The minimum Gasteiger partial charge on any atom is -0.477 e. The highest BCUT2D eigenvalue weighted by atomic mass is 16.4. The SMILES string of the molecule is Cn1ccc(CNC(=O)c2ccc(C(=O)O)nc2)n1. The first-order valence-electron chi connectivity index (χ1n) is 5.52. The highest BCUT2D eigenvalue weighted by Crippen LogP contribution is 2.01. The molecule has 0 saturated heterocycles. The van der Waals surface area contributed by atoms with E-state index >= 15 is 0 Å². The van der Waals surface area contributed by atoms with Gasteiger partial charge in [0.2, 0.25) is 0 Å². The van der Waals surface area contributed by atoms with Crippen molar-refractivity contribution in [3.05, 3.63) is 47.5 Å². The molecule has 7 heteroatoms. The number of carbonyl (C=O) groups excluding carboxylic acids is 1. The standard InChI is InChI=1S/C12H12N4O3/c1-16-5-4-9(15-16)7-14-11(17)8-2-3-10(12(18)19)13-6-8/h2-6H,7H2,1H3,(H,14,17)(H,18,19). The molecule has 0 aliphatic heterocycles. The molecule has 0 aliphatic rings. The average molecular weight is 260 g/mol. The molecule has 7 nitrogen and oxygen atoms in total. The largest absolute Gasteiger partial charge is 0.477 e. The monoisotopic (exact) mass is 260 g/mol. The van der Waals surface area contributed by atoms with E-state index in [1.807, 2.05) is 0 Å². The molecule has 0 unspecified atom stereocenters. The smallest absolute Gasteiger partial charge is 0.354 e. The number of rotatable bonds is 4. The van der Waals surface area contributed by atoms with Gasteiger partial charge < -0.3 is 10.4 Å². The Hall–Kier alpha value is -2.70. The van der Waals surface area contributed by atoms with Gasteiger partial charge in [0.05, 0.1) is 17.8 Å². The highest BCUT2D eigenvalue weighted by molar-refractivity contribution is 5.94. The molecule has 2 heterocycles. The summed E-state index contributed by atoms with van der Waals surface area (Å²) < 4.78 is 1.64. The summed E-state index contributed by atoms with van der Waals surface area (Å²) in [6.45, 7) is 0.306. The molecule has 2 N–H and O–H groups in total. The van der Waals surface area contributed by atoms with Crippen LogP contribution in [-0.2, 0) is 13.6 Å². The van der Waals surface area contributed by atoms with Crippen molar-refractivity contribution in [3.8, 4) is 0 Å². The first-order valence-corrected chi connectivity index (χ1v) is 5.52. The summed E-state index contributed by atoms with van der Waals surface area (Å²) in [5.74, 6) is -1.45. The molecule has 0 atom stereocenters. The van der Waals surface area contributed by atoms with Crippen LogP contribution >= 0.6 is 0 Å². The minimum atomic E-state index is -1.12. The number of amides is 1. The van der Waals surface area contributed by atoms with Crippen molar-refractivity contribution in [2.24, 2.45) is 7.05 Å². The number of carboxylic acid groups (broad SMARTS) is 1. The topological polar surface area (TPSA) is 97.1 Å². The molecule has 0 aromatic carbocycles. The summed E-state index contributed by atoms with van der Waals surface area (Å²) in [6, 6.07) is 4.51. The Balaban J connectivity index is 1.98. The zero-order valence-corrected chi connectivity index (χ0v) is 10.2. The van der Waals surface area contributed by atoms with Crippen molar-refractivity contribution in [3.63, 3.8) is 0 Å². The molecule has 98 valence electrons. The predicted octanol–water partition coefficient (Wildman–Crippen LogP) is 0.443. The minimum absolute atomic E-state index is 0.0960. The van der Waals surface area contributed by atoms with Gasteiger partial charge in [-0.1, -0.05) is 0 Å². The van der Waals surface area contributed by atoms with Crippen molar-refractivity contribution >= 4 is 11.9 Å². The van der Waals surface area contributed by atoms with Gasteiger partial charge in [0.1, 0.15) is 5.69 Å². The molecule has 0 aliphatic carbocycles. The zero-order chi connectivity index (χ0) is 13.8. The molecule has 2 rings (SSSR count). The van der Waals surface area contributed by atoms with Gasteiger partial charge in [-0.15, -0.1) is 0 Å².